The van der Waals surface area contributed by atoms with Gasteiger partial charge < -0.3 is 4.74 Å². The number of nitrogens with zero attached hydrogens (tertiary/aromatic N) is 1. The molecule has 0 N–H and O–H groups in total. The van der Waals surface area contributed by atoms with E-state index in [-0.39, 0.29) is 18.0 Å². The van der Waals surface area contributed by atoms with Gasteiger partial charge in [-0.05, 0) is 62.6 Å². The van der Waals surface area contributed by atoms with Crippen LogP contribution in [0.3, 0.4) is 0 Å². The maximum atomic E-state index is 13.6. The van der Waals surface area contributed by atoms with Gasteiger partial charge >= 0.3 is 5.97 Å². The number of aryl methyl sites for hydroxylation is 2. The predicted molar refractivity (Wildman–Crippen MR) is 104 cm³/mol. The number of carbonyl (C=O) groups is 1. The first-order valence-corrected chi connectivity index (χ1v) is 10.7. The molecule has 0 amide bonds. The SMILES string of the molecule is CCOC(=O)C1CCN(S(=O)(=O)c2ccc(C)cc2)[C@H]1c1ccc(F)cc1C. The first-order chi connectivity index (χ1) is 13.3. The van der Waals surface area contributed by atoms with Crippen molar-refractivity contribution in [1.29, 1.82) is 0 Å². The lowest BCUT2D eigenvalue weighted by molar-refractivity contribution is -0.148. The number of carbonyl (C=O) groups excluding carboxylic acids is 1. The fourth-order valence-electron chi connectivity index (χ4n) is 3.72. The molecule has 1 aliphatic heterocycles. The molecule has 5 nitrogen and oxygen atoms in total. The minimum absolute atomic E-state index is 0.173. The van der Waals surface area contributed by atoms with E-state index in [2.05, 4.69) is 0 Å². The van der Waals surface area contributed by atoms with E-state index in [4.69, 9.17) is 4.74 Å². The highest BCUT2D eigenvalue weighted by molar-refractivity contribution is 7.89. The fraction of sp³-hybridized carbons (Fsp3) is 0.381. The average Bonchev–Trinajstić information content (AvgIpc) is 3.08. The van der Waals surface area contributed by atoms with E-state index in [1.165, 1.54) is 16.4 Å². The third-order valence-corrected chi connectivity index (χ3v) is 7.01. The zero-order valence-corrected chi connectivity index (χ0v) is 17.0. The number of hydrogen-bond acceptors (Lipinski definition) is 4. The minimum atomic E-state index is -3.83. The smallest absolute Gasteiger partial charge is 0.310 e. The van der Waals surface area contributed by atoms with Crippen LogP contribution in [0, 0.1) is 25.6 Å². The molecular weight excluding hydrogens is 381 g/mol. The van der Waals surface area contributed by atoms with Gasteiger partial charge in [-0.15, -0.1) is 0 Å². The molecule has 0 aromatic heterocycles. The Hall–Kier alpha value is -2.25. The highest BCUT2D eigenvalue weighted by Gasteiger charge is 2.46. The van der Waals surface area contributed by atoms with Gasteiger partial charge in [0.1, 0.15) is 5.82 Å². The van der Waals surface area contributed by atoms with Crippen LogP contribution in [0.15, 0.2) is 47.4 Å². The Morgan fingerprint density at radius 2 is 1.86 bits per heavy atom. The number of esters is 1. The van der Waals surface area contributed by atoms with Crippen molar-refractivity contribution in [3.05, 3.63) is 65.0 Å². The number of benzene rings is 2. The van der Waals surface area contributed by atoms with Crippen molar-refractivity contribution in [2.75, 3.05) is 13.2 Å². The van der Waals surface area contributed by atoms with Crippen molar-refractivity contribution in [1.82, 2.24) is 4.31 Å². The number of hydrogen-bond donors (Lipinski definition) is 0. The van der Waals surface area contributed by atoms with Gasteiger partial charge in [-0.25, -0.2) is 12.8 Å². The van der Waals surface area contributed by atoms with Crippen molar-refractivity contribution < 1.29 is 22.3 Å². The van der Waals surface area contributed by atoms with Crippen LogP contribution in [0.5, 0.6) is 0 Å². The summed E-state index contributed by atoms with van der Waals surface area (Å²) in [5.41, 5.74) is 2.17. The lowest BCUT2D eigenvalue weighted by Gasteiger charge is -2.28. The molecule has 2 atom stereocenters. The number of rotatable bonds is 5. The number of sulfonamides is 1. The van der Waals surface area contributed by atoms with Gasteiger partial charge in [0.15, 0.2) is 0 Å². The van der Waals surface area contributed by atoms with Crippen LogP contribution in [0.25, 0.3) is 0 Å². The number of ether oxygens (including phenoxy) is 1. The molecule has 0 saturated carbocycles. The Bertz CT molecular complexity index is 972. The predicted octanol–water partition coefficient (Wildman–Crippen LogP) is 3.76. The average molecular weight is 405 g/mol. The molecule has 0 aliphatic carbocycles. The summed E-state index contributed by atoms with van der Waals surface area (Å²) in [7, 11) is -3.83. The second-order valence-electron chi connectivity index (χ2n) is 7.02. The van der Waals surface area contributed by atoms with Gasteiger partial charge in [0, 0.05) is 6.54 Å². The van der Waals surface area contributed by atoms with E-state index < -0.39 is 33.8 Å². The van der Waals surface area contributed by atoms with Gasteiger partial charge in [0.25, 0.3) is 0 Å². The van der Waals surface area contributed by atoms with Gasteiger partial charge in [0.05, 0.1) is 23.5 Å². The Labute approximate surface area is 165 Å². The summed E-state index contributed by atoms with van der Waals surface area (Å²) in [5.74, 6) is -1.47. The lowest BCUT2D eigenvalue weighted by atomic mass is 9.91. The highest BCUT2D eigenvalue weighted by atomic mass is 32.2. The fourth-order valence-corrected chi connectivity index (χ4v) is 5.37. The van der Waals surface area contributed by atoms with Crippen molar-refractivity contribution in [2.45, 2.75) is 38.1 Å². The molecule has 3 rings (SSSR count). The molecule has 0 spiro atoms. The molecule has 1 fully saturated rings. The van der Waals surface area contributed by atoms with Crippen LogP contribution in [-0.4, -0.2) is 31.8 Å². The molecule has 2 aromatic rings. The third-order valence-electron chi connectivity index (χ3n) is 5.12. The van der Waals surface area contributed by atoms with Crippen molar-refractivity contribution in [3.8, 4) is 0 Å². The quantitative estimate of drug-likeness (QED) is 0.711. The van der Waals surface area contributed by atoms with Crippen LogP contribution in [-0.2, 0) is 19.6 Å². The first kappa shape index (κ1) is 20.5. The van der Waals surface area contributed by atoms with E-state index in [1.54, 1.807) is 44.2 Å². The summed E-state index contributed by atoms with van der Waals surface area (Å²) in [6.07, 6.45) is 0.353. The van der Waals surface area contributed by atoms with Gasteiger partial charge in [0.2, 0.25) is 10.0 Å². The largest absolute Gasteiger partial charge is 0.466 e. The lowest BCUT2D eigenvalue weighted by Crippen LogP contribution is -2.34. The highest BCUT2D eigenvalue weighted by Crippen LogP contribution is 2.42. The molecule has 0 bridgehead atoms. The summed E-state index contributed by atoms with van der Waals surface area (Å²) < 4.78 is 46.8. The molecule has 1 aliphatic rings. The van der Waals surface area contributed by atoms with Crippen LogP contribution in [0.4, 0.5) is 4.39 Å². The monoisotopic (exact) mass is 405 g/mol. The summed E-state index contributed by atoms with van der Waals surface area (Å²) >= 11 is 0. The maximum Gasteiger partial charge on any atom is 0.310 e. The van der Waals surface area contributed by atoms with E-state index in [0.29, 0.717) is 17.5 Å². The topological polar surface area (TPSA) is 63.7 Å². The molecule has 28 heavy (non-hydrogen) atoms. The van der Waals surface area contributed by atoms with Crippen LogP contribution >= 0.6 is 0 Å². The zero-order chi connectivity index (χ0) is 20.5. The Kier molecular flexibility index (Phi) is 5.86. The van der Waals surface area contributed by atoms with Crippen LogP contribution in [0.2, 0.25) is 0 Å². The summed E-state index contributed by atoms with van der Waals surface area (Å²) in [5, 5.41) is 0. The normalized spacial score (nSPS) is 20.3. The summed E-state index contributed by atoms with van der Waals surface area (Å²) in [6.45, 7) is 5.73. The molecule has 0 radical (unpaired) electrons. The van der Waals surface area contributed by atoms with Gasteiger partial charge in [-0.3, -0.25) is 4.79 Å². The Balaban J connectivity index is 2.08. The molecule has 7 heteroatoms. The Morgan fingerprint density at radius 3 is 2.46 bits per heavy atom. The number of halogens is 1. The Morgan fingerprint density at radius 1 is 1.18 bits per heavy atom. The molecule has 150 valence electrons. The maximum absolute atomic E-state index is 13.6. The summed E-state index contributed by atoms with van der Waals surface area (Å²) in [6, 6.07) is 10.1. The van der Waals surface area contributed by atoms with E-state index in [0.717, 1.165) is 5.56 Å². The molecule has 1 saturated heterocycles. The van der Waals surface area contributed by atoms with Gasteiger partial charge in [-0.2, -0.15) is 4.31 Å². The van der Waals surface area contributed by atoms with Crippen molar-refractivity contribution in [3.63, 3.8) is 0 Å². The first-order valence-electron chi connectivity index (χ1n) is 9.27. The van der Waals surface area contributed by atoms with E-state index in [1.807, 2.05) is 6.92 Å². The van der Waals surface area contributed by atoms with Crippen molar-refractivity contribution >= 4 is 16.0 Å². The van der Waals surface area contributed by atoms with E-state index >= 15 is 0 Å². The standard InChI is InChI=1S/C21H24FNO4S/c1-4-27-21(24)19-11-12-23(20(19)18-10-7-16(22)13-15(18)3)28(25,26)17-8-5-14(2)6-9-17/h5-10,13,19-20H,4,11-12H2,1-3H3/t19?,20-/m0/s1. The second kappa shape index (κ2) is 8.01. The van der Waals surface area contributed by atoms with Crippen LogP contribution < -0.4 is 0 Å². The molecular formula is C21H24FNO4S. The minimum Gasteiger partial charge on any atom is -0.466 e. The third kappa shape index (κ3) is 3.82. The zero-order valence-electron chi connectivity index (χ0n) is 16.2. The van der Waals surface area contributed by atoms with Crippen LogP contribution in [0.1, 0.15) is 36.1 Å². The molecule has 1 unspecified atom stereocenters. The molecule has 2 aromatic carbocycles. The van der Waals surface area contributed by atoms with Gasteiger partial charge in [-0.1, -0.05) is 23.8 Å². The molecule has 1 heterocycles. The second-order valence-corrected chi connectivity index (χ2v) is 8.91. The van der Waals surface area contributed by atoms with E-state index in [9.17, 15) is 17.6 Å². The van der Waals surface area contributed by atoms with Crippen molar-refractivity contribution in [2.24, 2.45) is 5.92 Å². The summed E-state index contributed by atoms with van der Waals surface area (Å²) in [4.78, 5) is 12.7.